The summed E-state index contributed by atoms with van der Waals surface area (Å²) in [7, 11) is 0. The van der Waals surface area contributed by atoms with Crippen molar-refractivity contribution in [2.24, 2.45) is 0 Å². The molecule has 0 saturated heterocycles. The maximum absolute atomic E-state index is 6.72. The third-order valence-corrected chi connectivity index (χ3v) is 11.1. The van der Waals surface area contributed by atoms with E-state index in [9.17, 15) is 0 Å². The molecule has 0 atom stereocenters. The number of ether oxygens (including phenoxy) is 1. The van der Waals surface area contributed by atoms with Crippen LogP contribution in [-0.2, 0) is 26.5 Å². The normalized spacial score (nSPS) is 13.2. The van der Waals surface area contributed by atoms with Gasteiger partial charge in [-0.05, 0) is 66.6 Å². The minimum absolute atomic E-state index is 0. The predicted octanol–water partition coefficient (Wildman–Crippen LogP) is 9.72. The number of anilines is 4. The molecule has 5 nitrogen and oxygen atoms in total. The average Bonchev–Trinajstić information content (AvgIpc) is 3.73. The van der Waals surface area contributed by atoms with Gasteiger partial charge >= 0.3 is 0 Å². The molecule has 7 heteroatoms. The molecule has 0 spiro atoms. The van der Waals surface area contributed by atoms with E-state index in [4.69, 9.17) is 9.72 Å². The molecule has 10 rings (SSSR count). The second-order valence-corrected chi connectivity index (χ2v) is 15.5. The van der Waals surface area contributed by atoms with Gasteiger partial charge in [0.15, 0.2) is 6.71 Å². The summed E-state index contributed by atoms with van der Waals surface area (Å²) in [6, 6.07) is 52.4. The third-order valence-electron chi connectivity index (χ3n) is 11.1. The van der Waals surface area contributed by atoms with Crippen LogP contribution in [-0.4, -0.2) is 16.3 Å². The maximum Gasteiger partial charge on any atom is 0.181 e. The molecule has 0 radical (unpaired) electrons. The quantitative estimate of drug-likeness (QED) is 0.127. The van der Waals surface area contributed by atoms with Crippen molar-refractivity contribution in [2.75, 3.05) is 9.80 Å². The molecular weight excluding hydrogens is 854 g/mol. The van der Waals surface area contributed by atoms with Crippen molar-refractivity contribution in [1.29, 1.82) is 0 Å². The zero-order chi connectivity index (χ0) is 36.7. The smallest absolute Gasteiger partial charge is 0.181 e. The first-order valence-corrected chi connectivity index (χ1v) is 18.6. The number of fused-ring (bicyclic) bond motifs is 5. The van der Waals surface area contributed by atoms with Gasteiger partial charge in [-0.15, -0.1) is 47.5 Å². The molecule has 0 unspecified atom stereocenters. The Morgan fingerprint density at radius 1 is 0.691 bits per heavy atom. The molecule has 8 aromatic rings. The summed E-state index contributed by atoms with van der Waals surface area (Å²) in [6.45, 7) is 13.4. The van der Waals surface area contributed by atoms with Crippen LogP contribution in [0.3, 0.4) is 0 Å². The standard InChI is InChI=1S/C48H38BN4O.Pt/c1-31-13-11-14-32(2)46(31)49-39-24-22-36(29-44(39)52-30-51(34-15-7-6-8-16-34)42-20-12-18-40(49)47(42)52)54-35-21-23-38-37-17-9-10-19-41(37)53(43(38)28-35)45-27-33(25-26-50-45)48(3,4)5;/h6-27,30H,1-5H3;/q-3;. The summed E-state index contributed by atoms with van der Waals surface area (Å²) in [5.41, 5.74) is 14.0. The van der Waals surface area contributed by atoms with Crippen molar-refractivity contribution < 1.29 is 25.8 Å². The van der Waals surface area contributed by atoms with E-state index < -0.39 is 0 Å². The Balaban J connectivity index is 0.00000397. The minimum atomic E-state index is -0.0141. The minimum Gasteiger partial charge on any atom is -0.509 e. The molecule has 0 fully saturated rings. The zero-order valence-electron chi connectivity index (χ0n) is 31.4. The SMILES string of the molecule is Cc1cccc(C)c1B1c2ccc(Oc3[c-]c4c(cc3)c3ccccc3n4-c3cc(C(C)(C)C)ccn3)[c-]c2N2[CH-]N(c3ccccc3)c3cccc1c32.[Pt]. The van der Waals surface area contributed by atoms with Crippen LogP contribution < -0.4 is 30.9 Å². The first-order valence-electron chi connectivity index (χ1n) is 18.6. The summed E-state index contributed by atoms with van der Waals surface area (Å²) >= 11 is 0. The number of para-hydroxylation sites is 3. The van der Waals surface area contributed by atoms with Gasteiger partial charge in [-0.25, -0.2) is 4.98 Å². The van der Waals surface area contributed by atoms with Crippen molar-refractivity contribution in [3.8, 4) is 17.3 Å². The Bertz CT molecular complexity index is 2750. The maximum atomic E-state index is 6.72. The van der Waals surface area contributed by atoms with Gasteiger partial charge in [-0.2, -0.15) is 12.1 Å². The zero-order valence-corrected chi connectivity index (χ0v) is 33.6. The first-order chi connectivity index (χ1) is 26.2. The van der Waals surface area contributed by atoms with E-state index in [0.29, 0.717) is 11.5 Å². The summed E-state index contributed by atoms with van der Waals surface area (Å²) in [4.78, 5) is 9.43. The Kier molecular flexibility index (Phi) is 8.51. The summed E-state index contributed by atoms with van der Waals surface area (Å²) < 4.78 is 8.92. The number of hydrogen-bond donors (Lipinski definition) is 0. The molecule has 0 N–H and O–H groups in total. The van der Waals surface area contributed by atoms with E-state index in [1.165, 1.54) is 38.8 Å². The van der Waals surface area contributed by atoms with Crippen LogP contribution >= 0.6 is 0 Å². The molecule has 0 saturated carbocycles. The van der Waals surface area contributed by atoms with Gasteiger partial charge < -0.3 is 19.1 Å². The van der Waals surface area contributed by atoms with Crippen LogP contribution in [0.25, 0.3) is 27.6 Å². The monoisotopic (exact) mass is 892 g/mol. The van der Waals surface area contributed by atoms with Crippen molar-refractivity contribution in [3.05, 3.63) is 169 Å². The molecule has 2 aliphatic rings. The molecule has 2 aromatic heterocycles. The van der Waals surface area contributed by atoms with Gasteiger partial charge in [0, 0.05) is 61.3 Å². The van der Waals surface area contributed by atoms with Crippen molar-refractivity contribution >= 4 is 67.7 Å². The molecule has 4 heterocycles. The third kappa shape index (κ3) is 5.69. The second-order valence-electron chi connectivity index (χ2n) is 15.5. The van der Waals surface area contributed by atoms with Gasteiger partial charge in [0.2, 0.25) is 0 Å². The number of aryl methyl sites for hydroxylation is 2. The van der Waals surface area contributed by atoms with Crippen LogP contribution in [0.15, 0.2) is 134 Å². The fourth-order valence-corrected chi connectivity index (χ4v) is 8.46. The average molecular weight is 893 g/mol. The van der Waals surface area contributed by atoms with E-state index in [0.717, 1.165) is 44.7 Å². The Labute approximate surface area is 337 Å². The van der Waals surface area contributed by atoms with Crippen LogP contribution in [0, 0.1) is 32.6 Å². The van der Waals surface area contributed by atoms with E-state index >= 15 is 0 Å². The van der Waals surface area contributed by atoms with Gasteiger partial charge in [-0.1, -0.05) is 115 Å². The van der Waals surface area contributed by atoms with Gasteiger partial charge in [0.05, 0.1) is 0 Å². The molecule has 0 aliphatic carbocycles. The van der Waals surface area contributed by atoms with Gasteiger partial charge in [0.1, 0.15) is 5.82 Å². The Hall–Kier alpha value is -5.58. The second kappa shape index (κ2) is 13.3. The van der Waals surface area contributed by atoms with Crippen LogP contribution in [0.1, 0.15) is 37.5 Å². The van der Waals surface area contributed by atoms with E-state index in [1.807, 2.05) is 12.3 Å². The summed E-state index contributed by atoms with van der Waals surface area (Å²) in [6.07, 6.45) is 1.91. The number of rotatable bonds is 5. The molecule has 6 aromatic carbocycles. The fourth-order valence-electron chi connectivity index (χ4n) is 8.46. The van der Waals surface area contributed by atoms with Crippen LogP contribution in [0.4, 0.5) is 22.7 Å². The van der Waals surface area contributed by atoms with E-state index in [1.54, 1.807) is 0 Å². The van der Waals surface area contributed by atoms with E-state index in [2.05, 4.69) is 189 Å². The van der Waals surface area contributed by atoms with Gasteiger partial charge in [0.25, 0.3) is 0 Å². The predicted molar refractivity (Wildman–Crippen MR) is 223 cm³/mol. The largest absolute Gasteiger partial charge is 0.509 e. The first kappa shape index (κ1) is 35.1. The summed E-state index contributed by atoms with van der Waals surface area (Å²) in [5.74, 6) is 2.11. The number of hydrogen-bond acceptors (Lipinski definition) is 4. The van der Waals surface area contributed by atoms with Crippen molar-refractivity contribution in [1.82, 2.24) is 9.55 Å². The van der Waals surface area contributed by atoms with E-state index in [-0.39, 0.29) is 33.2 Å². The number of nitrogens with zero attached hydrogens (tertiary/aromatic N) is 4. The molecule has 272 valence electrons. The number of pyridine rings is 1. The number of benzene rings is 6. The molecule has 0 bridgehead atoms. The van der Waals surface area contributed by atoms with Crippen LogP contribution in [0.2, 0.25) is 0 Å². The topological polar surface area (TPSA) is 33.5 Å². The Morgan fingerprint density at radius 2 is 1.42 bits per heavy atom. The fraction of sp³-hybridized carbons (Fsp3) is 0.125. The Morgan fingerprint density at radius 3 is 2.22 bits per heavy atom. The molecule has 55 heavy (non-hydrogen) atoms. The van der Waals surface area contributed by atoms with Crippen molar-refractivity contribution in [3.63, 3.8) is 0 Å². The van der Waals surface area contributed by atoms with Crippen LogP contribution in [0.5, 0.6) is 11.5 Å². The van der Waals surface area contributed by atoms with Crippen molar-refractivity contribution in [2.45, 2.75) is 40.0 Å². The van der Waals surface area contributed by atoms with Gasteiger partial charge in [-0.3, -0.25) is 0 Å². The number of aromatic nitrogens is 2. The molecule has 2 aliphatic heterocycles. The summed E-state index contributed by atoms with van der Waals surface area (Å²) in [5, 5.41) is 2.25. The molecular formula is C48H38BN4OPt-3. The molecule has 0 amide bonds.